The second-order valence-corrected chi connectivity index (χ2v) is 17.4. The van der Waals surface area contributed by atoms with Crippen molar-refractivity contribution in [2.75, 3.05) is 0 Å². The quantitative estimate of drug-likeness (QED) is 0.123. The van der Waals surface area contributed by atoms with Crippen molar-refractivity contribution in [1.29, 1.82) is 5.41 Å². The summed E-state index contributed by atoms with van der Waals surface area (Å²) in [5, 5.41) is 13.3. The van der Waals surface area contributed by atoms with Crippen LogP contribution in [0.25, 0.3) is 94.3 Å². The number of nitrogens with zero attached hydrogens (tertiary/aromatic N) is 4. The van der Waals surface area contributed by atoms with Crippen molar-refractivity contribution in [2.45, 2.75) is 46.5 Å². The van der Waals surface area contributed by atoms with Gasteiger partial charge in [0.15, 0.2) is 0 Å². The summed E-state index contributed by atoms with van der Waals surface area (Å²) < 4.78 is 4.82. The van der Waals surface area contributed by atoms with E-state index >= 15 is 0 Å². The molecular weight excluding hydrogens is 829 g/mol. The van der Waals surface area contributed by atoms with Crippen LogP contribution in [0, 0.1) is 5.41 Å². The van der Waals surface area contributed by atoms with Crippen molar-refractivity contribution in [3.63, 3.8) is 0 Å². The maximum absolute atomic E-state index is 8.24. The normalized spacial score (nSPS) is 12.5. The van der Waals surface area contributed by atoms with Crippen LogP contribution in [0.1, 0.15) is 54.2 Å². The summed E-state index contributed by atoms with van der Waals surface area (Å²) >= 11 is 0. The molecule has 2 aliphatic rings. The number of nitrogens with two attached hydrogens (primary N) is 1. The highest BCUT2D eigenvalue weighted by molar-refractivity contribution is 6.17. The number of hydrogen-bond acceptors (Lipinski definition) is 4. The van der Waals surface area contributed by atoms with Crippen molar-refractivity contribution >= 4 is 55.0 Å². The largest absolute Gasteiger partial charge is 0.399 e. The Kier molecular flexibility index (Phi) is 11.6. The van der Waals surface area contributed by atoms with Crippen LogP contribution in [0.5, 0.6) is 0 Å². The van der Waals surface area contributed by atoms with Crippen LogP contribution >= 0.6 is 0 Å². The summed E-state index contributed by atoms with van der Waals surface area (Å²) in [6.45, 7) is 16.3. The zero-order valence-corrected chi connectivity index (χ0v) is 39.0. The van der Waals surface area contributed by atoms with Gasteiger partial charge in [0.2, 0.25) is 0 Å². The molecule has 0 spiro atoms. The summed E-state index contributed by atoms with van der Waals surface area (Å²) in [5.74, 6) is 1.85. The van der Waals surface area contributed by atoms with Gasteiger partial charge in [-0.1, -0.05) is 97.6 Å². The molecule has 6 nitrogen and oxygen atoms in total. The predicted octanol–water partition coefficient (Wildman–Crippen LogP) is 15.1. The Hall–Kier alpha value is -8.35. The van der Waals surface area contributed by atoms with Gasteiger partial charge in [0.25, 0.3) is 0 Å². The number of pyridine rings is 2. The minimum atomic E-state index is 0.426. The molecule has 10 aromatic rings. The summed E-state index contributed by atoms with van der Waals surface area (Å²) in [4.78, 5) is 9.92. The zero-order valence-electron chi connectivity index (χ0n) is 39.0. The number of allylic oxidation sites excluding steroid dienone is 4. The van der Waals surface area contributed by atoms with Crippen molar-refractivity contribution < 1.29 is 0 Å². The molecule has 4 heterocycles. The van der Waals surface area contributed by atoms with Crippen molar-refractivity contribution in [3.05, 3.63) is 223 Å². The molecule has 0 unspecified atom stereocenters. The van der Waals surface area contributed by atoms with Crippen LogP contribution in [0.3, 0.4) is 0 Å². The first kappa shape index (κ1) is 43.5. The predicted molar refractivity (Wildman–Crippen MR) is 288 cm³/mol. The van der Waals surface area contributed by atoms with Gasteiger partial charge in [0, 0.05) is 39.6 Å². The van der Waals surface area contributed by atoms with Crippen LogP contribution in [-0.4, -0.2) is 24.8 Å². The molecule has 68 heavy (non-hydrogen) atoms. The van der Waals surface area contributed by atoms with Gasteiger partial charge in [-0.15, -0.1) is 13.2 Å². The van der Waals surface area contributed by atoms with E-state index in [0.29, 0.717) is 5.71 Å². The van der Waals surface area contributed by atoms with Crippen molar-refractivity contribution in [1.82, 2.24) is 19.1 Å². The van der Waals surface area contributed by atoms with E-state index in [9.17, 15) is 0 Å². The Labute approximate surface area is 398 Å². The smallest absolute Gasteiger partial charge is 0.137 e. The summed E-state index contributed by atoms with van der Waals surface area (Å²) in [6.07, 6.45) is 14.6. The lowest BCUT2D eigenvalue weighted by atomic mass is 9.74. The molecule has 332 valence electrons. The lowest BCUT2D eigenvalue weighted by Gasteiger charge is -2.31. The van der Waals surface area contributed by atoms with Gasteiger partial charge in [-0.25, -0.2) is 9.97 Å². The fourth-order valence-corrected chi connectivity index (χ4v) is 10.4. The first-order chi connectivity index (χ1) is 33.3. The van der Waals surface area contributed by atoms with E-state index in [1.165, 1.54) is 77.1 Å². The molecule has 3 N–H and O–H groups in total. The highest BCUT2D eigenvalue weighted by Gasteiger charge is 2.33. The SMILES string of the molecule is C=CC.C=CC.C=CC(=N)c1ccc(-c2ccc3c(c2)c2cc4c5c(c2n3-c2ccccn2)CCc2cc3c6cc(-c7ccc(/C(N)=C/C)cc7)ccc6n(-c6ccccn6)c3c(c2-5)CC4)cc1. The monoisotopic (exact) mass is 882 g/mol. The molecule has 0 radical (unpaired) electrons. The zero-order chi connectivity index (χ0) is 47.1. The average Bonchev–Trinajstić information content (AvgIpc) is 3.90. The number of hydrogen-bond donors (Lipinski definition) is 2. The lowest BCUT2D eigenvalue weighted by molar-refractivity contribution is 0.881. The summed E-state index contributed by atoms with van der Waals surface area (Å²) in [6, 6.07) is 48.0. The maximum Gasteiger partial charge on any atom is 0.137 e. The molecule has 4 aromatic heterocycles. The van der Waals surface area contributed by atoms with E-state index < -0.39 is 0 Å². The van der Waals surface area contributed by atoms with E-state index in [-0.39, 0.29) is 0 Å². The lowest BCUT2D eigenvalue weighted by Crippen LogP contribution is -2.16. The van der Waals surface area contributed by atoms with E-state index in [1.807, 2.05) is 63.5 Å². The van der Waals surface area contributed by atoms with E-state index in [2.05, 4.69) is 138 Å². The molecule has 0 saturated heterocycles. The minimum Gasteiger partial charge on any atom is -0.399 e. The van der Waals surface area contributed by atoms with Gasteiger partial charge in [-0.2, -0.15) is 0 Å². The van der Waals surface area contributed by atoms with Crippen molar-refractivity contribution in [3.8, 4) is 45.0 Å². The van der Waals surface area contributed by atoms with Crippen molar-refractivity contribution in [2.24, 2.45) is 5.73 Å². The number of aromatic nitrogens is 4. The highest BCUT2D eigenvalue weighted by atomic mass is 15.1. The second-order valence-electron chi connectivity index (χ2n) is 17.4. The summed E-state index contributed by atoms with van der Waals surface area (Å²) in [7, 11) is 0. The number of benzene rings is 6. The number of rotatable bonds is 7. The molecule has 6 aromatic carbocycles. The van der Waals surface area contributed by atoms with Gasteiger partial charge in [0.05, 0.1) is 27.8 Å². The van der Waals surface area contributed by atoms with Gasteiger partial charge in [0.1, 0.15) is 11.6 Å². The average molecular weight is 883 g/mol. The standard InChI is InChI=1S/C56H42N6.2C3H6/c1-3-47(57)35-15-11-33(12-16-35)37-21-25-49-43(29-37)45-31-39-19-24-42-54-40(20-23-41(53(39)54)55(45)61(49)51-9-5-7-27-59-51)32-46-44-30-38(34-13-17-36(18-14-34)48(58)4-2)22-26-50(44)62(56(42)46)52-10-6-8-28-60-52;2*1-3-2/h3-18,21-22,25-32,57H,1,19-20,23-24,58H2,2H3;2*3H,1H2,2H3/b48-4-,57-47?;;. The van der Waals surface area contributed by atoms with E-state index in [0.717, 1.165) is 76.3 Å². The summed E-state index contributed by atoms with van der Waals surface area (Å²) in [5.41, 5.74) is 27.3. The maximum atomic E-state index is 8.24. The van der Waals surface area contributed by atoms with Crippen LogP contribution in [0.4, 0.5) is 0 Å². The number of fused-ring (bicyclic) bond motifs is 8. The van der Waals surface area contributed by atoms with Gasteiger partial charge in [-0.05, 0) is 180 Å². The van der Waals surface area contributed by atoms with Gasteiger partial charge in [-0.3, -0.25) is 9.13 Å². The second kappa shape index (κ2) is 18.1. The highest BCUT2D eigenvalue weighted by Crippen LogP contribution is 2.51. The molecule has 12 rings (SSSR count). The van der Waals surface area contributed by atoms with E-state index in [1.54, 1.807) is 18.2 Å². The third-order valence-electron chi connectivity index (χ3n) is 13.4. The van der Waals surface area contributed by atoms with Gasteiger partial charge >= 0.3 is 0 Å². The van der Waals surface area contributed by atoms with Crippen LogP contribution in [0.15, 0.2) is 190 Å². The Bertz CT molecular complexity index is 3420. The van der Waals surface area contributed by atoms with Crippen LogP contribution in [-0.2, 0) is 25.7 Å². The molecule has 0 saturated carbocycles. The fraction of sp³-hybridized carbons (Fsp3) is 0.113. The first-order valence-corrected chi connectivity index (χ1v) is 23.4. The molecule has 0 aliphatic heterocycles. The number of nitrogens with one attached hydrogen (secondary N) is 1. The topological polar surface area (TPSA) is 85.5 Å². The Morgan fingerprint density at radius 2 is 0.956 bits per heavy atom. The van der Waals surface area contributed by atoms with E-state index in [4.69, 9.17) is 21.1 Å². The Morgan fingerprint density at radius 3 is 1.35 bits per heavy atom. The Balaban J connectivity index is 0.000000856. The molecule has 0 amide bonds. The molecule has 0 bridgehead atoms. The fourth-order valence-electron chi connectivity index (χ4n) is 10.4. The minimum absolute atomic E-state index is 0.426. The number of aryl methyl sites for hydroxylation is 4. The molecule has 2 aliphatic carbocycles. The third kappa shape index (κ3) is 7.26. The third-order valence-corrected chi connectivity index (χ3v) is 13.4. The molecule has 6 heteroatoms. The molecule has 0 fully saturated rings. The molecular formula is C62H54N6. The Morgan fingerprint density at radius 1 is 0.529 bits per heavy atom. The van der Waals surface area contributed by atoms with Gasteiger partial charge < -0.3 is 11.1 Å². The van der Waals surface area contributed by atoms with Crippen LogP contribution < -0.4 is 5.73 Å². The molecule has 0 atom stereocenters. The first-order valence-electron chi connectivity index (χ1n) is 23.4. The van der Waals surface area contributed by atoms with Crippen LogP contribution in [0.2, 0.25) is 0 Å².